The van der Waals surface area contributed by atoms with Gasteiger partial charge in [-0.25, -0.2) is 0 Å². The summed E-state index contributed by atoms with van der Waals surface area (Å²) in [7, 11) is 0. The lowest BCUT2D eigenvalue weighted by Gasteiger charge is -2.29. The van der Waals surface area contributed by atoms with Crippen molar-refractivity contribution in [2.75, 3.05) is 11.4 Å². The van der Waals surface area contributed by atoms with Crippen LogP contribution in [0.2, 0.25) is 0 Å². The molecule has 1 aromatic carbocycles. The zero-order chi connectivity index (χ0) is 13.5. The third kappa shape index (κ3) is 4.58. The average Bonchev–Trinajstić information content (AvgIpc) is 2.34. The smallest absolute Gasteiger partial charge is 0.0380 e. The standard InChI is InChI=1S/C15H23Br2N/c1-4-5-6-9-18(12(2)3)14-8-7-13(11-16)15(17)10-14/h7-8,10,12H,4-6,9,11H2,1-3H3. The highest BCUT2D eigenvalue weighted by Gasteiger charge is 2.11. The van der Waals surface area contributed by atoms with Gasteiger partial charge in [-0.15, -0.1) is 0 Å². The van der Waals surface area contributed by atoms with Gasteiger partial charge in [0.15, 0.2) is 0 Å². The lowest BCUT2D eigenvalue weighted by Crippen LogP contribution is -2.31. The maximum Gasteiger partial charge on any atom is 0.0380 e. The Hall–Kier alpha value is -0.0200. The molecule has 102 valence electrons. The maximum absolute atomic E-state index is 3.65. The van der Waals surface area contributed by atoms with Gasteiger partial charge in [-0.05, 0) is 38.0 Å². The summed E-state index contributed by atoms with van der Waals surface area (Å²) in [6.07, 6.45) is 3.86. The molecular weight excluding hydrogens is 354 g/mol. The van der Waals surface area contributed by atoms with Crippen molar-refractivity contribution in [3.63, 3.8) is 0 Å². The van der Waals surface area contributed by atoms with E-state index < -0.39 is 0 Å². The van der Waals surface area contributed by atoms with E-state index in [9.17, 15) is 0 Å². The molecule has 0 fully saturated rings. The number of halogens is 2. The fourth-order valence-electron chi connectivity index (χ4n) is 2.04. The Morgan fingerprint density at radius 1 is 1.22 bits per heavy atom. The van der Waals surface area contributed by atoms with Crippen molar-refractivity contribution in [3.05, 3.63) is 28.2 Å². The summed E-state index contributed by atoms with van der Waals surface area (Å²) in [5.74, 6) is 0. The van der Waals surface area contributed by atoms with Crippen LogP contribution in [0.25, 0.3) is 0 Å². The van der Waals surface area contributed by atoms with E-state index in [1.54, 1.807) is 0 Å². The van der Waals surface area contributed by atoms with Gasteiger partial charge in [-0.2, -0.15) is 0 Å². The van der Waals surface area contributed by atoms with Gasteiger partial charge in [0.1, 0.15) is 0 Å². The molecule has 1 nitrogen and oxygen atoms in total. The second kappa shape index (κ2) is 8.21. The van der Waals surface area contributed by atoms with Crippen LogP contribution in [-0.4, -0.2) is 12.6 Å². The molecule has 0 radical (unpaired) electrons. The summed E-state index contributed by atoms with van der Waals surface area (Å²) in [5, 5.41) is 0.894. The fourth-order valence-corrected chi connectivity index (χ4v) is 3.41. The van der Waals surface area contributed by atoms with Crippen LogP contribution in [0.1, 0.15) is 45.6 Å². The number of unbranched alkanes of at least 4 members (excludes halogenated alkanes) is 2. The highest BCUT2D eigenvalue weighted by Crippen LogP contribution is 2.27. The van der Waals surface area contributed by atoms with Gasteiger partial charge < -0.3 is 4.90 Å². The third-order valence-electron chi connectivity index (χ3n) is 3.14. The van der Waals surface area contributed by atoms with Gasteiger partial charge in [0, 0.05) is 28.1 Å². The molecule has 1 aromatic rings. The normalized spacial score (nSPS) is 11.0. The molecule has 0 aromatic heterocycles. The van der Waals surface area contributed by atoms with E-state index in [2.05, 4.69) is 75.7 Å². The summed E-state index contributed by atoms with van der Waals surface area (Å²) in [6.45, 7) is 7.92. The SMILES string of the molecule is CCCCCN(c1ccc(CBr)c(Br)c1)C(C)C. The number of benzene rings is 1. The van der Waals surface area contributed by atoms with E-state index >= 15 is 0 Å². The quantitative estimate of drug-likeness (QED) is 0.432. The van der Waals surface area contributed by atoms with Crippen molar-refractivity contribution in [2.45, 2.75) is 51.4 Å². The zero-order valence-electron chi connectivity index (χ0n) is 11.5. The van der Waals surface area contributed by atoms with Crippen LogP contribution < -0.4 is 4.90 Å². The van der Waals surface area contributed by atoms with Crippen molar-refractivity contribution in [1.82, 2.24) is 0 Å². The first-order valence-corrected chi connectivity index (χ1v) is 8.62. The van der Waals surface area contributed by atoms with Crippen molar-refractivity contribution >= 4 is 37.5 Å². The zero-order valence-corrected chi connectivity index (χ0v) is 14.7. The molecule has 0 aliphatic rings. The minimum Gasteiger partial charge on any atom is -0.369 e. The van der Waals surface area contributed by atoms with E-state index in [1.807, 2.05) is 0 Å². The number of anilines is 1. The predicted molar refractivity (Wildman–Crippen MR) is 88.8 cm³/mol. The minimum atomic E-state index is 0.545. The highest BCUT2D eigenvalue weighted by atomic mass is 79.9. The summed E-state index contributed by atoms with van der Waals surface area (Å²) in [6, 6.07) is 7.21. The van der Waals surface area contributed by atoms with E-state index in [-0.39, 0.29) is 0 Å². The minimum absolute atomic E-state index is 0.545. The molecular formula is C15H23Br2N. The van der Waals surface area contributed by atoms with Crippen molar-refractivity contribution in [1.29, 1.82) is 0 Å². The lowest BCUT2D eigenvalue weighted by molar-refractivity contribution is 0.626. The lowest BCUT2D eigenvalue weighted by atomic mass is 10.1. The highest BCUT2D eigenvalue weighted by molar-refractivity contribution is 9.10. The summed E-state index contributed by atoms with van der Waals surface area (Å²) in [4.78, 5) is 2.48. The van der Waals surface area contributed by atoms with Crippen LogP contribution in [0, 0.1) is 0 Å². The van der Waals surface area contributed by atoms with Gasteiger partial charge in [-0.3, -0.25) is 0 Å². The Morgan fingerprint density at radius 3 is 2.44 bits per heavy atom. The number of hydrogen-bond acceptors (Lipinski definition) is 1. The Balaban J connectivity index is 2.82. The summed E-state index contributed by atoms with van der Waals surface area (Å²) >= 11 is 7.16. The Morgan fingerprint density at radius 2 is 1.94 bits per heavy atom. The largest absolute Gasteiger partial charge is 0.369 e. The molecule has 0 aliphatic heterocycles. The van der Waals surface area contributed by atoms with Gasteiger partial charge in [0.25, 0.3) is 0 Å². The molecule has 0 saturated carbocycles. The summed E-state index contributed by atoms with van der Waals surface area (Å²) < 4.78 is 1.19. The van der Waals surface area contributed by atoms with E-state index in [0.29, 0.717) is 6.04 Å². The molecule has 0 N–H and O–H groups in total. The third-order valence-corrected chi connectivity index (χ3v) is 4.48. The second-order valence-electron chi connectivity index (χ2n) is 4.90. The van der Waals surface area contributed by atoms with Crippen molar-refractivity contribution < 1.29 is 0 Å². The molecule has 0 spiro atoms. The molecule has 0 saturated heterocycles. The number of alkyl halides is 1. The van der Waals surface area contributed by atoms with E-state index in [1.165, 1.54) is 35.0 Å². The van der Waals surface area contributed by atoms with Crippen LogP contribution in [0.5, 0.6) is 0 Å². The molecule has 0 atom stereocenters. The molecule has 0 heterocycles. The average molecular weight is 377 g/mol. The second-order valence-corrected chi connectivity index (χ2v) is 6.32. The number of hydrogen-bond donors (Lipinski definition) is 0. The molecule has 0 bridgehead atoms. The first kappa shape index (κ1) is 16.0. The Kier molecular flexibility index (Phi) is 7.31. The number of rotatable bonds is 7. The maximum atomic E-state index is 3.65. The summed E-state index contributed by atoms with van der Waals surface area (Å²) in [5.41, 5.74) is 2.62. The molecule has 0 amide bonds. The Labute approximate surface area is 128 Å². The van der Waals surface area contributed by atoms with E-state index in [4.69, 9.17) is 0 Å². The monoisotopic (exact) mass is 375 g/mol. The Bertz CT molecular complexity index is 364. The van der Waals surface area contributed by atoms with Crippen molar-refractivity contribution in [3.8, 4) is 0 Å². The number of nitrogens with zero attached hydrogens (tertiary/aromatic N) is 1. The molecule has 18 heavy (non-hydrogen) atoms. The van der Waals surface area contributed by atoms with Gasteiger partial charge in [0.05, 0.1) is 0 Å². The van der Waals surface area contributed by atoms with Crippen LogP contribution in [0.4, 0.5) is 5.69 Å². The predicted octanol–water partition coefficient (Wildman–Crippen LogP) is 5.75. The van der Waals surface area contributed by atoms with Gasteiger partial charge in [0.2, 0.25) is 0 Å². The topological polar surface area (TPSA) is 3.24 Å². The first-order chi connectivity index (χ1) is 8.60. The van der Waals surface area contributed by atoms with Crippen LogP contribution in [0.15, 0.2) is 22.7 Å². The first-order valence-electron chi connectivity index (χ1n) is 6.71. The van der Waals surface area contributed by atoms with Crippen LogP contribution in [0.3, 0.4) is 0 Å². The van der Waals surface area contributed by atoms with E-state index in [0.717, 1.165) is 11.9 Å². The fraction of sp³-hybridized carbons (Fsp3) is 0.600. The molecule has 3 heteroatoms. The molecule has 0 unspecified atom stereocenters. The molecule has 0 aliphatic carbocycles. The molecule has 1 rings (SSSR count). The van der Waals surface area contributed by atoms with Crippen molar-refractivity contribution in [2.24, 2.45) is 0 Å². The van der Waals surface area contributed by atoms with Crippen LogP contribution >= 0.6 is 31.9 Å². The van der Waals surface area contributed by atoms with Gasteiger partial charge in [-0.1, -0.05) is 57.7 Å². The van der Waals surface area contributed by atoms with Crippen LogP contribution in [-0.2, 0) is 5.33 Å². The van der Waals surface area contributed by atoms with Gasteiger partial charge >= 0.3 is 0 Å².